The summed E-state index contributed by atoms with van der Waals surface area (Å²) in [7, 11) is -0.789. The minimum atomic E-state index is -0.789. The van der Waals surface area contributed by atoms with E-state index >= 15 is 0 Å². The van der Waals surface area contributed by atoms with Gasteiger partial charge in [-0.05, 0) is 12.1 Å². The van der Waals surface area contributed by atoms with Crippen LogP contribution in [0.4, 0.5) is 0 Å². The first-order chi connectivity index (χ1) is 7.66. The van der Waals surface area contributed by atoms with Crippen LogP contribution >= 0.6 is 11.6 Å². The molecule has 1 aromatic heterocycles. The Balaban J connectivity index is 2.07. The van der Waals surface area contributed by atoms with E-state index in [4.69, 9.17) is 11.6 Å². The molecule has 1 aromatic rings. The van der Waals surface area contributed by atoms with Crippen molar-refractivity contribution in [1.29, 1.82) is 0 Å². The molecule has 1 fully saturated rings. The molecule has 1 aliphatic heterocycles. The Morgan fingerprint density at radius 1 is 1.31 bits per heavy atom. The van der Waals surface area contributed by atoms with Gasteiger partial charge in [-0.3, -0.25) is 9.00 Å². The van der Waals surface area contributed by atoms with Crippen LogP contribution in [0.3, 0.4) is 0 Å². The SMILES string of the molecule is O=C(c1ccc(Cl)nn1)N1CCS(=O)CC1. The van der Waals surface area contributed by atoms with E-state index in [-0.39, 0.29) is 16.8 Å². The minimum Gasteiger partial charge on any atom is -0.335 e. The molecule has 0 atom stereocenters. The van der Waals surface area contributed by atoms with Gasteiger partial charge in [0, 0.05) is 35.4 Å². The van der Waals surface area contributed by atoms with Crippen LogP contribution in [0, 0.1) is 0 Å². The van der Waals surface area contributed by atoms with E-state index < -0.39 is 10.8 Å². The summed E-state index contributed by atoms with van der Waals surface area (Å²) in [5.41, 5.74) is 0.275. The van der Waals surface area contributed by atoms with Crippen molar-refractivity contribution in [2.75, 3.05) is 24.6 Å². The molecular weight excluding hydrogens is 250 g/mol. The van der Waals surface area contributed by atoms with Crippen LogP contribution in [0.15, 0.2) is 12.1 Å². The second-order valence-corrected chi connectivity index (χ2v) is 5.46. The molecule has 1 aliphatic rings. The monoisotopic (exact) mass is 259 g/mol. The molecule has 0 N–H and O–H groups in total. The highest BCUT2D eigenvalue weighted by Gasteiger charge is 2.22. The lowest BCUT2D eigenvalue weighted by Gasteiger charge is -2.25. The van der Waals surface area contributed by atoms with Crippen molar-refractivity contribution in [3.63, 3.8) is 0 Å². The summed E-state index contributed by atoms with van der Waals surface area (Å²) >= 11 is 5.58. The zero-order valence-corrected chi connectivity index (χ0v) is 10.00. The summed E-state index contributed by atoms with van der Waals surface area (Å²) in [6.07, 6.45) is 0. The number of halogens is 1. The Morgan fingerprint density at radius 3 is 2.56 bits per heavy atom. The molecule has 7 heteroatoms. The first-order valence-electron chi connectivity index (χ1n) is 4.80. The van der Waals surface area contributed by atoms with Crippen LogP contribution in [0.1, 0.15) is 10.5 Å². The second kappa shape index (κ2) is 4.88. The normalized spacial score (nSPS) is 17.4. The average Bonchev–Trinajstić information content (AvgIpc) is 2.30. The van der Waals surface area contributed by atoms with Crippen LogP contribution in [-0.4, -0.2) is 49.8 Å². The largest absolute Gasteiger partial charge is 0.335 e. The van der Waals surface area contributed by atoms with Crippen molar-refractivity contribution < 1.29 is 9.00 Å². The van der Waals surface area contributed by atoms with Crippen molar-refractivity contribution in [3.05, 3.63) is 23.0 Å². The number of hydrogen-bond donors (Lipinski definition) is 0. The zero-order chi connectivity index (χ0) is 11.5. The lowest BCUT2D eigenvalue weighted by molar-refractivity contribution is 0.0764. The van der Waals surface area contributed by atoms with E-state index in [2.05, 4.69) is 10.2 Å². The van der Waals surface area contributed by atoms with Crippen LogP contribution in [0.25, 0.3) is 0 Å². The van der Waals surface area contributed by atoms with Gasteiger partial charge in [-0.15, -0.1) is 10.2 Å². The summed E-state index contributed by atoms with van der Waals surface area (Å²) < 4.78 is 11.1. The van der Waals surface area contributed by atoms with E-state index in [9.17, 15) is 9.00 Å². The Labute approximate surface area is 100 Å². The second-order valence-electron chi connectivity index (χ2n) is 3.38. The van der Waals surface area contributed by atoms with Crippen molar-refractivity contribution in [2.45, 2.75) is 0 Å². The van der Waals surface area contributed by atoms with Gasteiger partial charge in [0.1, 0.15) is 0 Å². The Bertz CT molecular complexity index is 413. The van der Waals surface area contributed by atoms with Gasteiger partial charge in [0.15, 0.2) is 10.8 Å². The molecule has 2 rings (SSSR count). The molecule has 1 amide bonds. The van der Waals surface area contributed by atoms with Crippen LogP contribution in [-0.2, 0) is 10.8 Å². The molecule has 0 radical (unpaired) electrons. The quantitative estimate of drug-likeness (QED) is 0.729. The number of carbonyl (C=O) groups is 1. The van der Waals surface area contributed by atoms with Gasteiger partial charge in [-0.1, -0.05) is 11.6 Å². The van der Waals surface area contributed by atoms with Gasteiger partial charge in [0.05, 0.1) is 0 Å². The summed E-state index contributed by atoms with van der Waals surface area (Å²) in [6, 6.07) is 3.08. The standard InChI is InChI=1S/C9H10ClN3O2S/c10-8-2-1-7(11-12-8)9(14)13-3-5-16(15)6-4-13/h1-2H,3-6H2. The lowest BCUT2D eigenvalue weighted by atomic mass is 10.3. The van der Waals surface area contributed by atoms with Crippen molar-refractivity contribution in [2.24, 2.45) is 0 Å². The van der Waals surface area contributed by atoms with Crippen LogP contribution < -0.4 is 0 Å². The third kappa shape index (κ3) is 2.56. The lowest BCUT2D eigenvalue weighted by Crippen LogP contribution is -2.42. The van der Waals surface area contributed by atoms with Gasteiger partial charge >= 0.3 is 0 Å². The van der Waals surface area contributed by atoms with Crippen molar-refractivity contribution in [1.82, 2.24) is 15.1 Å². The predicted octanol–water partition coefficient (Wildman–Crippen LogP) is 0.334. The van der Waals surface area contributed by atoms with Crippen LogP contribution in [0.5, 0.6) is 0 Å². The third-order valence-electron chi connectivity index (χ3n) is 2.32. The average molecular weight is 260 g/mol. The summed E-state index contributed by atoms with van der Waals surface area (Å²) in [5, 5.41) is 7.60. The van der Waals surface area contributed by atoms with E-state index in [1.165, 1.54) is 6.07 Å². The number of nitrogens with zero attached hydrogens (tertiary/aromatic N) is 3. The molecule has 0 spiro atoms. The molecule has 16 heavy (non-hydrogen) atoms. The Morgan fingerprint density at radius 2 is 2.00 bits per heavy atom. The van der Waals surface area contributed by atoms with E-state index in [1.54, 1.807) is 11.0 Å². The number of aromatic nitrogens is 2. The third-order valence-corrected chi connectivity index (χ3v) is 3.79. The number of hydrogen-bond acceptors (Lipinski definition) is 4. The first kappa shape index (κ1) is 11.5. The molecule has 86 valence electrons. The first-order valence-corrected chi connectivity index (χ1v) is 6.67. The van der Waals surface area contributed by atoms with Crippen molar-refractivity contribution in [3.8, 4) is 0 Å². The van der Waals surface area contributed by atoms with E-state index in [0.29, 0.717) is 24.6 Å². The highest BCUT2D eigenvalue weighted by atomic mass is 35.5. The number of rotatable bonds is 1. The molecule has 0 bridgehead atoms. The summed E-state index contributed by atoms with van der Waals surface area (Å²) in [5.74, 6) is 0.889. The van der Waals surface area contributed by atoms with E-state index in [0.717, 1.165) is 0 Å². The zero-order valence-electron chi connectivity index (χ0n) is 8.43. The van der Waals surface area contributed by atoms with Gasteiger partial charge in [0.25, 0.3) is 5.91 Å². The van der Waals surface area contributed by atoms with Gasteiger partial charge in [-0.25, -0.2) is 0 Å². The fourth-order valence-electron chi connectivity index (χ4n) is 1.43. The van der Waals surface area contributed by atoms with E-state index in [1.807, 2.05) is 0 Å². The Hall–Kier alpha value is -1.01. The van der Waals surface area contributed by atoms with Gasteiger partial charge in [-0.2, -0.15) is 0 Å². The summed E-state index contributed by atoms with van der Waals surface area (Å²) in [4.78, 5) is 13.5. The maximum Gasteiger partial charge on any atom is 0.274 e. The maximum absolute atomic E-state index is 11.9. The fraction of sp³-hybridized carbons (Fsp3) is 0.444. The van der Waals surface area contributed by atoms with Gasteiger partial charge in [0.2, 0.25) is 0 Å². The molecule has 2 heterocycles. The minimum absolute atomic E-state index is 0.180. The molecule has 0 aromatic carbocycles. The molecule has 0 saturated carbocycles. The highest BCUT2D eigenvalue weighted by Crippen LogP contribution is 2.07. The molecule has 1 saturated heterocycles. The number of amides is 1. The topological polar surface area (TPSA) is 63.2 Å². The van der Waals surface area contributed by atoms with Crippen LogP contribution in [0.2, 0.25) is 5.15 Å². The Kier molecular flexibility index (Phi) is 3.50. The maximum atomic E-state index is 11.9. The summed E-state index contributed by atoms with van der Waals surface area (Å²) in [6.45, 7) is 1.02. The molecule has 5 nitrogen and oxygen atoms in total. The smallest absolute Gasteiger partial charge is 0.274 e. The molecule has 0 aliphatic carbocycles. The van der Waals surface area contributed by atoms with Crippen molar-refractivity contribution >= 4 is 28.3 Å². The molecule has 0 unspecified atom stereocenters. The highest BCUT2D eigenvalue weighted by molar-refractivity contribution is 7.85. The van der Waals surface area contributed by atoms with Gasteiger partial charge < -0.3 is 4.90 Å². The predicted molar refractivity (Wildman–Crippen MR) is 60.8 cm³/mol. The number of carbonyl (C=O) groups excluding carboxylic acids is 1. The molecular formula is C9H10ClN3O2S. The fourth-order valence-corrected chi connectivity index (χ4v) is 2.59.